The number of aliphatic hydroxyl groups is 1. The number of rotatable bonds is 4. The topological polar surface area (TPSA) is 38.7 Å². The highest BCUT2D eigenvalue weighted by atomic mass is 16.5. The minimum atomic E-state index is -0.240. The van der Waals surface area contributed by atoms with Crippen LogP contribution in [0.25, 0.3) is 0 Å². The summed E-state index contributed by atoms with van der Waals surface area (Å²) in [5, 5.41) is 9.92. The Hall–Kier alpha value is -0.120. The van der Waals surface area contributed by atoms with E-state index in [-0.39, 0.29) is 6.10 Å². The zero-order valence-electron chi connectivity index (χ0n) is 9.36. The molecule has 0 spiro atoms. The Morgan fingerprint density at radius 2 is 1.80 bits per heavy atom. The molecule has 1 heterocycles. The van der Waals surface area contributed by atoms with Gasteiger partial charge < -0.3 is 14.6 Å². The highest BCUT2D eigenvalue weighted by Crippen LogP contribution is 2.28. The van der Waals surface area contributed by atoms with Crippen LogP contribution < -0.4 is 0 Å². The second kappa shape index (κ2) is 5.83. The van der Waals surface area contributed by atoms with Gasteiger partial charge in [-0.1, -0.05) is 12.8 Å². The van der Waals surface area contributed by atoms with Crippen LogP contribution in [0.1, 0.15) is 38.5 Å². The molecule has 88 valence electrons. The molecule has 1 atom stereocenters. The van der Waals surface area contributed by atoms with Gasteiger partial charge in [0.1, 0.15) is 0 Å². The molecule has 0 aromatic carbocycles. The van der Waals surface area contributed by atoms with Crippen molar-refractivity contribution in [1.29, 1.82) is 0 Å². The van der Waals surface area contributed by atoms with Crippen LogP contribution >= 0.6 is 0 Å². The van der Waals surface area contributed by atoms with Gasteiger partial charge in [-0.2, -0.15) is 0 Å². The molecule has 0 amide bonds. The maximum atomic E-state index is 9.92. The van der Waals surface area contributed by atoms with Crippen molar-refractivity contribution < 1.29 is 14.6 Å². The van der Waals surface area contributed by atoms with Gasteiger partial charge in [0.05, 0.1) is 18.8 Å². The van der Waals surface area contributed by atoms with Crippen molar-refractivity contribution in [2.24, 2.45) is 5.92 Å². The Bertz CT molecular complexity index is 172. The molecule has 1 N–H and O–H groups in total. The second-order valence-electron chi connectivity index (χ2n) is 4.76. The fourth-order valence-electron chi connectivity index (χ4n) is 2.56. The second-order valence-corrected chi connectivity index (χ2v) is 4.76. The summed E-state index contributed by atoms with van der Waals surface area (Å²) in [7, 11) is 0. The average molecular weight is 214 g/mol. The molecule has 0 aromatic heterocycles. The predicted molar refractivity (Wildman–Crippen MR) is 57.8 cm³/mol. The first kappa shape index (κ1) is 11.4. The van der Waals surface area contributed by atoms with Crippen LogP contribution in [0.5, 0.6) is 0 Å². The maximum Gasteiger partial charge on any atom is 0.0801 e. The molecule has 0 aromatic rings. The minimum absolute atomic E-state index is 0.240. The monoisotopic (exact) mass is 214 g/mol. The van der Waals surface area contributed by atoms with Crippen molar-refractivity contribution >= 4 is 0 Å². The van der Waals surface area contributed by atoms with Gasteiger partial charge in [0.2, 0.25) is 0 Å². The smallest absolute Gasteiger partial charge is 0.0801 e. The van der Waals surface area contributed by atoms with Crippen molar-refractivity contribution in [1.82, 2.24) is 0 Å². The summed E-state index contributed by atoms with van der Waals surface area (Å²) < 4.78 is 11.0. The fraction of sp³-hybridized carbons (Fsp3) is 1.00. The van der Waals surface area contributed by atoms with Gasteiger partial charge >= 0.3 is 0 Å². The summed E-state index contributed by atoms with van der Waals surface area (Å²) >= 11 is 0. The summed E-state index contributed by atoms with van der Waals surface area (Å²) in [6, 6.07) is 0. The molecule has 2 rings (SSSR count). The van der Waals surface area contributed by atoms with Gasteiger partial charge in [-0.05, 0) is 31.6 Å². The van der Waals surface area contributed by atoms with Crippen LogP contribution in [0, 0.1) is 5.92 Å². The van der Waals surface area contributed by atoms with E-state index in [1.165, 1.54) is 25.7 Å². The minimum Gasteiger partial charge on any atom is -0.390 e. The van der Waals surface area contributed by atoms with E-state index < -0.39 is 0 Å². The first-order valence-corrected chi connectivity index (χ1v) is 6.23. The fourth-order valence-corrected chi connectivity index (χ4v) is 2.56. The van der Waals surface area contributed by atoms with E-state index in [4.69, 9.17) is 9.47 Å². The van der Waals surface area contributed by atoms with Crippen LogP contribution in [-0.2, 0) is 9.47 Å². The number of ether oxygens (including phenoxy) is 2. The summed E-state index contributed by atoms with van der Waals surface area (Å²) in [4.78, 5) is 0. The van der Waals surface area contributed by atoms with E-state index in [0.717, 1.165) is 26.1 Å². The number of aliphatic hydroxyl groups excluding tert-OH is 1. The number of hydrogen-bond acceptors (Lipinski definition) is 3. The van der Waals surface area contributed by atoms with Crippen LogP contribution in [0.3, 0.4) is 0 Å². The Morgan fingerprint density at radius 1 is 1.13 bits per heavy atom. The van der Waals surface area contributed by atoms with E-state index in [2.05, 4.69) is 0 Å². The predicted octanol–water partition coefficient (Wildman–Crippen LogP) is 1.73. The lowest BCUT2D eigenvalue weighted by Gasteiger charge is -2.25. The summed E-state index contributed by atoms with van der Waals surface area (Å²) in [6.07, 6.45) is 6.95. The van der Waals surface area contributed by atoms with Gasteiger partial charge in [-0.15, -0.1) is 0 Å². The Morgan fingerprint density at radius 3 is 2.47 bits per heavy atom. The highest BCUT2D eigenvalue weighted by molar-refractivity contribution is 4.75. The number of hydrogen-bond donors (Lipinski definition) is 1. The normalized spacial score (nSPS) is 27.0. The van der Waals surface area contributed by atoms with Crippen molar-refractivity contribution in [2.45, 2.75) is 50.7 Å². The lowest BCUT2D eigenvalue weighted by Crippen LogP contribution is -2.30. The van der Waals surface area contributed by atoms with Gasteiger partial charge in [0.15, 0.2) is 0 Å². The molecule has 2 fully saturated rings. The molecule has 3 heteroatoms. The largest absolute Gasteiger partial charge is 0.390 e. The molecule has 1 aliphatic carbocycles. The Balaban J connectivity index is 1.63. The van der Waals surface area contributed by atoms with Gasteiger partial charge in [-0.3, -0.25) is 0 Å². The SMILES string of the molecule is OC(COC1CCOCC1)C1CCCC1. The van der Waals surface area contributed by atoms with Gasteiger partial charge in [-0.25, -0.2) is 0 Å². The van der Waals surface area contributed by atoms with E-state index in [0.29, 0.717) is 18.6 Å². The average Bonchev–Trinajstić information content (AvgIpc) is 2.81. The molecular weight excluding hydrogens is 192 g/mol. The molecule has 0 radical (unpaired) electrons. The van der Waals surface area contributed by atoms with Crippen LogP contribution in [0.15, 0.2) is 0 Å². The van der Waals surface area contributed by atoms with Gasteiger partial charge in [0.25, 0.3) is 0 Å². The van der Waals surface area contributed by atoms with E-state index in [1.807, 2.05) is 0 Å². The maximum absolute atomic E-state index is 9.92. The Kier molecular flexibility index (Phi) is 4.42. The Labute approximate surface area is 91.8 Å². The zero-order chi connectivity index (χ0) is 10.5. The third-order valence-corrected chi connectivity index (χ3v) is 3.61. The third kappa shape index (κ3) is 3.44. The lowest BCUT2D eigenvalue weighted by atomic mass is 10.0. The van der Waals surface area contributed by atoms with E-state index in [1.54, 1.807) is 0 Å². The van der Waals surface area contributed by atoms with Crippen LogP contribution in [0.4, 0.5) is 0 Å². The third-order valence-electron chi connectivity index (χ3n) is 3.61. The molecule has 2 aliphatic rings. The summed E-state index contributed by atoms with van der Waals surface area (Å²) in [5.41, 5.74) is 0. The lowest BCUT2D eigenvalue weighted by molar-refractivity contribution is -0.0697. The first-order valence-electron chi connectivity index (χ1n) is 6.23. The van der Waals surface area contributed by atoms with Crippen LogP contribution in [0.2, 0.25) is 0 Å². The van der Waals surface area contributed by atoms with E-state index in [9.17, 15) is 5.11 Å². The molecular formula is C12H22O3. The first-order chi connectivity index (χ1) is 7.36. The highest BCUT2D eigenvalue weighted by Gasteiger charge is 2.24. The molecule has 1 aliphatic heterocycles. The van der Waals surface area contributed by atoms with Gasteiger partial charge in [0, 0.05) is 13.2 Å². The van der Waals surface area contributed by atoms with Crippen LogP contribution in [-0.4, -0.2) is 37.1 Å². The summed E-state index contributed by atoms with van der Waals surface area (Å²) in [5.74, 6) is 0.491. The molecule has 15 heavy (non-hydrogen) atoms. The molecule has 1 saturated heterocycles. The van der Waals surface area contributed by atoms with Crippen molar-refractivity contribution in [2.75, 3.05) is 19.8 Å². The van der Waals surface area contributed by atoms with Crippen molar-refractivity contribution in [3.8, 4) is 0 Å². The molecule has 1 unspecified atom stereocenters. The summed E-state index contributed by atoms with van der Waals surface area (Å²) in [6.45, 7) is 2.14. The van der Waals surface area contributed by atoms with Crippen molar-refractivity contribution in [3.05, 3.63) is 0 Å². The quantitative estimate of drug-likeness (QED) is 0.774. The standard InChI is InChI=1S/C12H22O3/c13-12(10-3-1-2-4-10)9-15-11-5-7-14-8-6-11/h10-13H,1-9H2. The zero-order valence-corrected chi connectivity index (χ0v) is 9.36. The van der Waals surface area contributed by atoms with Crippen molar-refractivity contribution in [3.63, 3.8) is 0 Å². The molecule has 1 saturated carbocycles. The van der Waals surface area contributed by atoms with E-state index >= 15 is 0 Å². The molecule has 3 nitrogen and oxygen atoms in total. The molecule has 0 bridgehead atoms.